The van der Waals surface area contributed by atoms with Gasteiger partial charge in [-0.25, -0.2) is 4.68 Å². The molecule has 9 heteroatoms. The molecule has 25 heavy (non-hydrogen) atoms. The van der Waals surface area contributed by atoms with Gasteiger partial charge in [0, 0.05) is 10.6 Å². The van der Waals surface area contributed by atoms with Gasteiger partial charge in [0.25, 0.3) is 0 Å². The molecule has 0 bridgehead atoms. The Morgan fingerprint density at radius 3 is 2.64 bits per heavy atom. The van der Waals surface area contributed by atoms with Gasteiger partial charge >= 0.3 is 0 Å². The quantitative estimate of drug-likeness (QED) is 0.509. The maximum atomic E-state index is 12.1. The van der Waals surface area contributed by atoms with Gasteiger partial charge in [0.2, 0.25) is 11.1 Å². The van der Waals surface area contributed by atoms with E-state index in [4.69, 9.17) is 29.0 Å². The smallest absolute Gasteiger partial charge is 0.234 e. The first-order chi connectivity index (χ1) is 12.0. The van der Waals surface area contributed by atoms with Crippen LogP contribution < -0.4 is 11.2 Å². The topological polar surface area (TPSA) is 85.8 Å². The molecular formula is C16H13Cl2N5OS. The van der Waals surface area contributed by atoms with Crippen molar-refractivity contribution in [2.24, 2.45) is 0 Å². The van der Waals surface area contributed by atoms with Crippen molar-refractivity contribution < 1.29 is 4.79 Å². The number of thioether (sulfide) groups is 1. The largest absolute Gasteiger partial charge is 0.335 e. The van der Waals surface area contributed by atoms with E-state index in [2.05, 4.69) is 15.5 Å². The Balaban J connectivity index is 1.64. The monoisotopic (exact) mass is 393 g/mol. The molecule has 0 saturated carbocycles. The van der Waals surface area contributed by atoms with Crippen LogP contribution in [0.1, 0.15) is 0 Å². The van der Waals surface area contributed by atoms with Gasteiger partial charge in [-0.15, -0.1) is 10.2 Å². The average Bonchev–Trinajstić information content (AvgIpc) is 2.97. The zero-order valence-electron chi connectivity index (χ0n) is 12.8. The molecule has 1 heterocycles. The molecule has 128 valence electrons. The highest BCUT2D eigenvalue weighted by Gasteiger charge is 2.14. The highest BCUT2D eigenvalue weighted by Crippen LogP contribution is 2.26. The first-order valence-corrected chi connectivity index (χ1v) is 8.92. The average molecular weight is 394 g/mol. The van der Waals surface area contributed by atoms with E-state index in [1.807, 2.05) is 30.3 Å². The van der Waals surface area contributed by atoms with Gasteiger partial charge in [-0.1, -0.05) is 65.3 Å². The molecule has 2 aromatic carbocycles. The second-order valence-electron chi connectivity index (χ2n) is 5.00. The van der Waals surface area contributed by atoms with E-state index in [1.54, 1.807) is 18.2 Å². The van der Waals surface area contributed by atoms with E-state index in [9.17, 15) is 4.79 Å². The number of benzene rings is 2. The number of carbonyl (C=O) groups excluding carboxylic acids is 1. The number of hydrogen-bond acceptors (Lipinski definition) is 5. The van der Waals surface area contributed by atoms with Crippen LogP contribution in [0.15, 0.2) is 53.7 Å². The number of halogens is 2. The number of anilines is 1. The van der Waals surface area contributed by atoms with Crippen LogP contribution in [0.2, 0.25) is 10.0 Å². The SMILES string of the molecule is Nn1c(SCC(=O)Nc2ccc(Cl)cc2Cl)nnc1-c1ccccc1. The second kappa shape index (κ2) is 7.77. The van der Waals surface area contributed by atoms with Crippen LogP contribution in [-0.4, -0.2) is 26.5 Å². The second-order valence-corrected chi connectivity index (χ2v) is 6.79. The lowest BCUT2D eigenvalue weighted by Crippen LogP contribution is -2.16. The minimum Gasteiger partial charge on any atom is -0.335 e. The van der Waals surface area contributed by atoms with Crippen LogP contribution in [0.25, 0.3) is 11.4 Å². The maximum Gasteiger partial charge on any atom is 0.234 e. The Kier molecular flexibility index (Phi) is 5.47. The molecule has 1 aromatic heterocycles. The molecule has 1 amide bonds. The lowest BCUT2D eigenvalue weighted by atomic mass is 10.2. The molecule has 0 aliphatic heterocycles. The zero-order valence-corrected chi connectivity index (χ0v) is 15.1. The van der Waals surface area contributed by atoms with Crippen LogP contribution in [0.4, 0.5) is 5.69 Å². The summed E-state index contributed by atoms with van der Waals surface area (Å²) in [5, 5.41) is 12.1. The van der Waals surface area contributed by atoms with Gasteiger partial charge in [-0.2, -0.15) is 0 Å². The van der Waals surface area contributed by atoms with Crippen molar-refractivity contribution in [3.8, 4) is 11.4 Å². The molecule has 0 fully saturated rings. The fourth-order valence-corrected chi connectivity index (χ4v) is 3.18. The predicted octanol–water partition coefficient (Wildman–Crippen LogP) is 3.70. The van der Waals surface area contributed by atoms with Gasteiger partial charge in [-0.05, 0) is 18.2 Å². The number of nitrogens with two attached hydrogens (primary N) is 1. The van der Waals surface area contributed by atoms with Crippen LogP contribution in [0.3, 0.4) is 0 Å². The Hall–Kier alpha value is -2.22. The van der Waals surface area contributed by atoms with Crippen LogP contribution in [0.5, 0.6) is 0 Å². The number of rotatable bonds is 5. The molecule has 6 nitrogen and oxygen atoms in total. The third kappa shape index (κ3) is 4.25. The van der Waals surface area contributed by atoms with Gasteiger partial charge in [0.05, 0.1) is 16.5 Å². The van der Waals surface area contributed by atoms with Crippen molar-refractivity contribution >= 4 is 46.6 Å². The first-order valence-electron chi connectivity index (χ1n) is 7.18. The third-order valence-electron chi connectivity index (χ3n) is 3.23. The lowest BCUT2D eigenvalue weighted by Gasteiger charge is -2.07. The Labute approximate surface area is 158 Å². The summed E-state index contributed by atoms with van der Waals surface area (Å²) >= 11 is 13.0. The van der Waals surface area contributed by atoms with Crippen molar-refractivity contribution in [2.45, 2.75) is 5.16 Å². The fourth-order valence-electron chi connectivity index (χ4n) is 2.07. The summed E-state index contributed by atoms with van der Waals surface area (Å²) in [5.74, 6) is 6.43. The highest BCUT2D eigenvalue weighted by atomic mass is 35.5. The first kappa shape index (κ1) is 17.6. The number of carbonyl (C=O) groups is 1. The number of nitrogens with one attached hydrogen (secondary N) is 1. The number of amides is 1. The van der Waals surface area contributed by atoms with Crippen LogP contribution in [0, 0.1) is 0 Å². The molecule has 0 spiro atoms. The van der Waals surface area contributed by atoms with Gasteiger partial charge < -0.3 is 11.2 Å². The molecule has 0 atom stereocenters. The summed E-state index contributed by atoms with van der Waals surface area (Å²) in [6, 6.07) is 14.3. The molecule has 0 unspecified atom stereocenters. The van der Waals surface area contributed by atoms with E-state index in [1.165, 1.54) is 16.4 Å². The van der Waals surface area contributed by atoms with Crippen molar-refractivity contribution in [2.75, 3.05) is 16.9 Å². The molecular weight excluding hydrogens is 381 g/mol. The summed E-state index contributed by atoms with van der Waals surface area (Å²) in [6.07, 6.45) is 0. The van der Waals surface area contributed by atoms with Crippen molar-refractivity contribution in [1.29, 1.82) is 0 Å². The molecule has 3 aromatic rings. The molecule has 0 radical (unpaired) electrons. The normalized spacial score (nSPS) is 10.6. The third-order valence-corrected chi connectivity index (χ3v) is 4.72. The Morgan fingerprint density at radius 2 is 1.92 bits per heavy atom. The summed E-state index contributed by atoms with van der Waals surface area (Å²) in [7, 11) is 0. The zero-order chi connectivity index (χ0) is 17.8. The molecule has 3 N–H and O–H groups in total. The Morgan fingerprint density at radius 1 is 1.16 bits per heavy atom. The van der Waals surface area contributed by atoms with E-state index >= 15 is 0 Å². The number of hydrogen-bond donors (Lipinski definition) is 2. The Bertz CT molecular complexity index is 901. The highest BCUT2D eigenvalue weighted by molar-refractivity contribution is 7.99. The van der Waals surface area contributed by atoms with E-state index in [0.717, 1.165) is 5.56 Å². The summed E-state index contributed by atoms with van der Waals surface area (Å²) in [4.78, 5) is 12.1. The molecule has 0 aliphatic carbocycles. The minimum absolute atomic E-state index is 0.114. The van der Waals surface area contributed by atoms with Crippen molar-refractivity contribution in [1.82, 2.24) is 14.9 Å². The standard InChI is InChI=1S/C16H13Cl2N5OS/c17-11-6-7-13(12(18)8-11)20-14(24)9-25-16-22-21-15(23(16)19)10-4-2-1-3-5-10/h1-8H,9,19H2,(H,20,24). The van der Waals surface area contributed by atoms with E-state index in [-0.39, 0.29) is 11.7 Å². The molecule has 3 rings (SSSR count). The number of aromatic nitrogens is 3. The van der Waals surface area contributed by atoms with Gasteiger partial charge in [0.1, 0.15) is 0 Å². The maximum absolute atomic E-state index is 12.1. The van der Waals surface area contributed by atoms with Crippen molar-refractivity contribution in [3.63, 3.8) is 0 Å². The fraction of sp³-hybridized carbons (Fsp3) is 0.0625. The predicted molar refractivity (Wildman–Crippen MR) is 101 cm³/mol. The van der Waals surface area contributed by atoms with Gasteiger partial charge in [-0.3, -0.25) is 4.79 Å². The van der Waals surface area contributed by atoms with Crippen LogP contribution >= 0.6 is 35.0 Å². The number of nitrogens with zero attached hydrogens (tertiary/aromatic N) is 3. The van der Waals surface area contributed by atoms with Crippen LogP contribution in [-0.2, 0) is 4.79 Å². The van der Waals surface area contributed by atoms with Crippen molar-refractivity contribution in [3.05, 3.63) is 58.6 Å². The summed E-state index contributed by atoms with van der Waals surface area (Å²) < 4.78 is 1.36. The van der Waals surface area contributed by atoms with E-state index < -0.39 is 0 Å². The van der Waals surface area contributed by atoms with Gasteiger partial charge in [0.15, 0.2) is 5.82 Å². The summed E-state index contributed by atoms with van der Waals surface area (Å²) in [5.41, 5.74) is 1.35. The molecule has 0 aliphatic rings. The van der Waals surface area contributed by atoms with E-state index in [0.29, 0.717) is 26.7 Å². The number of nitrogen functional groups attached to an aromatic ring is 1. The molecule has 0 saturated heterocycles. The summed E-state index contributed by atoms with van der Waals surface area (Å²) in [6.45, 7) is 0. The lowest BCUT2D eigenvalue weighted by molar-refractivity contribution is -0.113. The minimum atomic E-state index is -0.238.